The van der Waals surface area contributed by atoms with Crippen molar-refractivity contribution in [2.24, 2.45) is 0 Å². The molecule has 0 aliphatic heterocycles. The van der Waals surface area contributed by atoms with Gasteiger partial charge in [-0.25, -0.2) is 4.98 Å². The lowest BCUT2D eigenvalue weighted by molar-refractivity contribution is 0.414. The highest BCUT2D eigenvalue weighted by atomic mass is 127. The topological polar surface area (TPSA) is 44.1 Å². The van der Waals surface area contributed by atoms with Gasteiger partial charge in [-0.2, -0.15) is 0 Å². The van der Waals surface area contributed by atoms with Crippen molar-refractivity contribution in [2.75, 3.05) is 7.11 Å². The van der Waals surface area contributed by atoms with Gasteiger partial charge in [-0.15, -0.1) is 11.3 Å². The highest BCUT2D eigenvalue weighted by molar-refractivity contribution is 14.1. The second-order valence-corrected chi connectivity index (χ2v) is 7.61. The van der Waals surface area contributed by atoms with Crippen LogP contribution in [0.5, 0.6) is 5.75 Å². The summed E-state index contributed by atoms with van der Waals surface area (Å²) in [7, 11) is 1.62. The van der Waals surface area contributed by atoms with E-state index in [0.29, 0.717) is 16.7 Å². The normalized spacial score (nSPS) is 11.0. The quantitative estimate of drug-likeness (QED) is 0.416. The van der Waals surface area contributed by atoms with Gasteiger partial charge in [0.2, 0.25) is 0 Å². The maximum Gasteiger partial charge on any atom is 0.266 e. The van der Waals surface area contributed by atoms with Crippen LogP contribution in [-0.4, -0.2) is 16.7 Å². The summed E-state index contributed by atoms with van der Waals surface area (Å²) in [5.41, 5.74) is 1.40. The molecule has 0 atom stereocenters. The first-order valence-electron chi connectivity index (χ1n) is 7.58. The van der Waals surface area contributed by atoms with E-state index in [0.717, 1.165) is 19.9 Å². The summed E-state index contributed by atoms with van der Waals surface area (Å²) in [4.78, 5) is 19.0. The van der Waals surface area contributed by atoms with Crippen LogP contribution in [0.2, 0.25) is 0 Å². The van der Waals surface area contributed by atoms with E-state index in [1.807, 2.05) is 60.0 Å². The summed E-state index contributed by atoms with van der Waals surface area (Å²) < 4.78 is 7.90. The molecule has 4 nitrogen and oxygen atoms in total. The molecule has 0 amide bonds. The van der Waals surface area contributed by atoms with Gasteiger partial charge in [0.05, 0.1) is 28.6 Å². The first kappa shape index (κ1) is 16.3. The molecule has 2 heterocycles. The molecule has 0 spiro atoms. The Balaban J connectivity index is 2.07. The van der Waals surface area contributed by atoms with Gasteiger partial charge in [-0.05, 0) is 76.5 Å². The number of fused-ring (bicyclic) bond motifs is 1. The number of hydrogen-bond acceptors (Lipinski definition) is 4. The molecule has 0 fully saturated rings. The fourth-order valence-electron chi connectivity index (χ4n) is 2.70. The van der Waals surface area contributed by atoms with Gasteiger partial charge in [0.25, 0.3) is 5.56 Å². The molecule has 0 unspecified atom stereocenters. The Labute approximate surface area is 161 Å². The molecule has 0 saturated heterocycles. The predicted molar refractivity (Wildman–Crippen MR) is 110 cm³/mol. The molecule has 0 bridgehead atoms. The van der Waals surface area contributed by atoms with Crippen molar-refractivity contribution in [3.8, 4) is 22.1 Å². The van der Waals surface area contributed by atoms with Crippen LogP contribution < -0.4 is 10.3 Å². The number of hydrogen-bond donors (Lipinski definition) is 0. The first-order valence-corrected chi connectivity index (χ1v) is 9.54. The standard InChI is InChI=1S/C19H13IN2O2S/c1-24-14-7-5-13(6-8-14)22-18(17-3-2-10-25-17)21-16-9-4-12(20)11-15(16)19(22)23/h2-11H,1H3. The van der Waals surface area contributed by atoms with E-state index in [1.165, 1.54) is 0 Å². The first-order chi connectivity index (χ1) is 12.2. The number of rotatable bonds is 3. The molecule has 4 aromatic rings. The highest BCUT2D eigenvalue weighted by Crippen LogP contribution is 2.27. The summed E-state index contributed by atoms with van der Waals surface area (Å²) in [6, 6.07) is 17.1. The Morgan fingerprint density at radius 3 is 2.60 bits per heavy atom. The zero-order chi connectivity index (χ0) is 17.4. The minimum Gasteiger partial charge on any atom is -0.497 e. The van der Waals surface area contributed by atoms with Crippen molar-refractivity contribution >= 4 is 44.8 Å². The van der Waals surface area contributed by atoms with Gasteiger partial charge >= 0.3 is 0 Å². The van der Waals surface area contributed by atoms with Crippen LogP contribution in [-0.2, 0) is 0 Å². The maximum atomic E-state index is 13.2. The van der Waals surface area contributed by atoms with E-state index < -0.39 is 0 Å². The van der Waals surface area contributed by atoms with Crippen LogP contribution >= 0.6 is 33.9 Å². The second kappa shape index (κ2) is 6.61. The molecule has 0 aliphatic carbocycles. The van der Waals surface area contributed by atoms with Crippen molar-refractivity contribution in [1.82, 2.24) is 9.55 Å². The summed E-state index contributed by atoms with van der Waals surface area (Å²) in [6.45, 7) is 0. The van der Waals surface area contributed by atoms with E-state index in [1.54, 1.807) is 23.0 Å². The molecule has 4 rings (SSSR count). The fraction of sp³-hybridized carbons (Fsp3) is 0.0526. The summed E-state index contributed by atoms with van der Waals surface area (Å²) in [5.74, 6) is 1.40. The molecule has 2 aromatic heterocycles. The minimum atomic E-state index is -0.0721. The number of benzene rings is 2. The van der Waals surface area contributed by atoms with Gasteiger partial charge < -0.3 is 4.74 Å². The van der Waals surface area contributed by atoms with Gasteiger partial charge in [0.1, 0.15) is 5.75 Å². The molecule has 124 valence electrons. The summed E-state index contributed by atoms with van der Waals surface area (Å²) >= 11 is 3.77. The average molecular weight is 460 g/mol. The molecule has 0 saturated carbocycles. The third-order valence-corrected chi connectivity index (χ3v) is 5.44. The minimum absolute atomic E-state index is 0.0721. The predicted octanol–water partition coefficient (Wildman–Crippen LogP) is 4.73. The third kappa shape index (κ3) is 2.96. The van der Waals surface area contributed by atoms with E-state index in [2.05, 4.69) is 22.6 Å². The van der Waals surface area contributed by atoms with Gasteiger partial charge in [-0.3, -0.25) is 9.36 Å². The van der Waals surface area contributed by atoms with Crippen LogP contribution in [0.3, 0.4) is 0 Å². The van der Waals surface area contributed by atoms with Gasteiger partial charge in [0.15, 0.2) is 5.82 Å². The van der Waals surface area contributed by atoms with Crippen molar-refractivity contribution in [3.05, 3.63) is 73.9 Å². The molecular weight excluding hydrogens is 447 g/mol. The number of aromatic nitrogens is 2. The van der Waals surface area contributed by atoms with Gasteiger partial charge in [-0.1, -0.05) is 6.07 Å². The molecule has 0 N–H and O–H groups in total. The van der Waals surface area contributed by atoms with Gasteiger partial charge in [0, 0.05) is 3.57 Å². The largest absolute Gasteiger partial charge is 0.497 e. The van der Waals surface area contributed by atoms with Crippen LogP contribution in [0.1, 0.15) is 0 Å². The van der Waals surface area contributed by atoms with E-state index in [9.17, 15) is 4.79 Å². The van der Waals surface area contributed by atoms with E-state index in [4.69, 9.17) is 9.72 Å². The molecule has 0 aliphatic rings. The fourth-order valence-corrected chi connectivity index (χ4v) is 3.89. The summed E-state index contributed by atoms with van der Waals surface area (Å²) in [5, 5.41) is 2.60. The lowest BCUT2D eigenvalue weighted by atomic mass is 10.2. The zero-order valence-corrected chi connectivity index (χ0v) is 16.2. The van der Waals surface area contributed by atoms with Crippen LogP contribution in [0.25, 0.3) is 27.3 Å². The second-order valence-electron chi connectivity index (χ2n) is 5.41. The van der Waals surface area contributed by atoms with Crippen molar-refractivity contribution in [3.63, 3.8) is 0 Å². The highest BCUT2D eigenvalue weighted by Gasteiger charge is 2.15. The van der Waals surface area contributed by atoms with Crippen molar-refractivity contribution < 1.29 is 4.74 Å². The molecule has 2 aromatic carbocycles. The Morgan fingerprint density at radius 1 is 1.12 bits per heavy atom. The van der Waals surface area contributed by atoms with E-state index >= 15 is 0 Å². The SMILES string of the molecule is COc1ccc(-n2c(-c3cccs3)nc3ccc(I)cc3c2=O)cc1. The van der Waals surface area contributed by atoms with Crippen molar-refractivity contribution in [1.29, 1.82) is 0 Å². The maximum absolute atomic E-state index is 13.2. The van der Waals surface area contributed by atoms with Crippen LogP contribution in [0.15, 0.2) is 64.8 Å². The molecular formula is C19H13IN2O2S. The van der Waals surface area contributed by atoms with Crippen molar-refractivity contribution in [2.45, 2.75) is 0 Å². The Kier molecular flexibility index (Phi) is 4.30. The number of thiophene rings is 1. The monoisotopic (exact) mass is 460 g/mol. The van der Waals surface area contributed by atoms with Crippen LogP contribution in [0.4, 0.5) is 0 Å². The summed E-state index contributed by atoms with van der Waals surface area (Å²) in [6.07, 6.45) is 0. The third-order valence-electron chi connectivity index (χ3n) is 3.90. The van der Waals surface area contributed by atoms with E-state index in [-0.39, 0.29) is 5.56 Å². The van der Waals surface area contributed by atoms with Crippen LogP contribution in [0, 0.1) is 3.57 Å². The molecule has 25 heavy (non-hydrogen) atoms. The number of halogens is 1. The molecule has 0 radical (unpaired) electrons. The lowest BCUT2D eigenvalue weighted by Gasteiger charge is -2.13. The Bertz CT molecular complexity index is 1100. The molecule has 6 heteroatoms. The number of methoxy groups -OCH3 is 1. The number of ether oxygens (including phenoxy) is 1. The smallest absolute Gasteiger partial charge is 0.266 e. The Hall–Kier alpha value is -2.19. The average Bonchev–Trinajstić information content (AvgIpc) is 3.17. The zero-order valence-electron chi connectivity index (χ0n) is 13.3. The lowest BCUT2D eigenvalue weighted by Crippen LogP contribution is -2.21. The Morgan fingerprint density at radius 2 is 1.92 bits per heavy atom. The number of nitrogens with zero attached hydrogens (tertiary/aromatic N) is 2.